The summed E-state index contributed by atoms with van der Waals surface area (Å²) in [5.74, 6) is 1.46. The number of nitrogens with zero attached hydrogens (tertiary/aromatic N) is 2. The molecule has 2 unspecified atom stereocenters. The van der Waals surface area contributed by atoms with Gasteiger partial charge < -0.3 is 25.0 Å². The van der Waals surface area contributed by atoms with E-state index in [2.05, 4.69) is 41.4 Å². The normalized spacial score (nSPS) is 20.0. The molecule has 2 atom stereocenters. The highest BCUT2D eigenvalue weighted by Gasteiger charge is 2.15. The largest absolute Gasteiger partial charge is 0.381 e. The van der Waals surface area contributed by atoms with E-state index in [1.807, 2.05) is 7.05 Å². The molecule has 0 saturated carbocycles. The molecule has 0 aromatic rings. The molecule has 0 aliphatic carbocycles. The van der Waals surface area contributed by atoms with Crippen LogP contribution in [0.25, 0.3) is 0 Å². The van der Waals surface area contributed by atoms with Gasteiger partial charge in [0.15, 0.2) is 5.96 Å². The zero-order chi connectivity index (χ0) is 16.9. The number of ether oxygens (including phenoxy) is 2. The number of hydrogen-bond acceptors (Lipinski definition) is 4. The maximum absolute atomic E-state index is 5.70. The molecule has 1 aliphatic rings. The molecule has 0 radical (unpaired) electrons. The molecule has 0 bridgehead atoms. The number of rotatable bonds is 11. The molecular weight excluding hydrogens is 292 g/mol. The highest BCUT2D eigenvalue weighted by Crippen LogP contribution is 2.12. The third-order valence-corrected chi connectivity index (χ3v) is 4.46. The van der Waals surface area contributed by atoms with Gasteiger partial charge in [-0.1, -0.05) is 6.92 Å². The van der Waals surface area contributed by atoms with E-state index >= 15 is 0 Å². The summed E-state index contributed by atoms with van der Waals surface area (Å²) in [7, 11) is 3.98. The third-order valence-electron chi connectivity index (χ3n) is 4.46. The fourth-order valence-electron chi connectivity index (χ4n) is 2.45. The van der Waals surface area contributed by atoms with Gasteiger partial charge >= 0.3 is 0 Å². The Bertz CT molecular complexity index is 320. The average molecular weight is 329 g/mol. The predicted molar refractivity (Wildman–Crippen MR) is 96.1 cm³/mol. The van der Waals surface area contributed by atoms with Crippen LogP contribution in [-0.2, 0) is 9.47 Å². The van der Waals surface area contributed by atoms with E-state index in [0.717, 1.165) is 64.9 Å². The molecular formula is C17H36N4O2. The monoisotopic (exact) mass is 328 g/mol. The van der Waals surface area contributed by atoms with E-state index < -0.39 is 0 Å². The minimum atomic E-state index is 0.597. The van der Waals surface area contributed by atoms with Crippen LogP contribution in [0.5, 0.6) is 0 Å². The van der Waals surface area contributed by atoms with Crippen LogP contribution in [0.15, 0.2) is 4.99 Å². The van der Waals surface area contributed by atoms with Crippen molar-refractivity contribution in [2.24, 2.45) is 10.9 Å². The van der Waals surface area contributed by atoms with E-state index in [9.17, 15) is 0 Å². The Balaban J connectivity index is 1.98. The first kappa shape index (κ1) is 20.2. The molecule has 23 heavy (non-hydrogen) atoms. The lowest BCUT2D eigenvalue weighted by molar-refractivity contribution is 0.0888. The molecule has 1 aliphatic heterocycles. The van der Waals surface area contributed by atoms with Gasteiger partial charge in [0.05, 0.1) is 13.2 Å². The second-order valence-corrected chi connectivity index (χ2v) is 6.32. The van der Waals surface area contributed by atoms with Crippen LogP contribution in [0.4, 0.5) is 0 Å². The van der Waals surface area contributed by atoms with Crippen molar-refractivity contribution < 1.29 is 9.47 Å². The van der Waals surface area contributed by atoms with E-state index in [-0.39, 0.29) is 0 Å². The fraction of sp³-hybridized carbons (Fsp3) is 0.941. The van der Waals surface area contributed by atoms with Crippen LogP contribution < -0.4 is 10.6 Å². The minimum absolute atomic E-state index is 0.597. The smallest absolute Gasteiger partial charge is 0.191 e. The Morgan fingerprint density at radius 3 is 2.83 bits per heavy atom. The van der Waals surface area contributed by atoms with Crippen LogP contribution in [0.1, 0.15) is 33.1 Å². The number of likely N-dealkylation sites (N-methyl/N-ethyl adjacent to an activating group) is 1. The standard InChI is InChI=1S/C17H36N4O2/c1-5-15(2)21(4)10-9-20-17(18-3)19-8-6-11-22-13-16-7-12-23-14-16/h15-16H,5-14H2,1-4H3,(H2,18,19,20). The highest BCUT2D eigenvalue weighted by molar-refractivity contribution is 5.79. The molecule has 0 aromatic heterocycles. The molecule has 1 fully saturated rings. The number of hydrogen-bond donors (Lipinski definition) is 2. The lowest BCUT2D eigenvalue weighted by Crippen LogP contribution is -2.42. The van der Waals surface area contributed by atoms with E-state index in [1.54, 1.807) is 0 Å². The third kappa shape index (κ3) is 9.13. The maximum atomic E-state index is 5.70. The van der Waals surface area contributed by atoms with Crippen LogP contribution in [-0.4, -0.2) is 77.1 Å². The van der Waals surface area contributed by atoms with Crippen molar-refractivity contribution in [2.45, 2.75) is 39.2 Å². The average Bonchev–Trinajstić information content (AvgIpc) is 3.08. The molecule has 1 heterocycles. The van der Waals surface area contributed by atoms with Crippen molar-refractivity contribution in [3.63, 3.8) is 0 Å². The molecule has 0 amide bonds. The second-order valence-electron chi connectivity index (χ2n) is 6.32. The maximum Gasteiger partial charge on any atom is 0.191 e. The lowest BCUT2D eigenvalue weighted by atomic mass is 10.1. The van der Waals surface area contributed by atoms with E-state index in [0.29, 0.717) is 12.0 Å². The van der Waals surface area contributed by atoms with Gasteiger partial charge in [0.1, 0.15) is 0 Å². The zero-order valence-electron chi connectivity index (χ0n) is 15.4. The molecule has 1 saturated heterocycles. The lowest BCUT2D eigenvalue weighted by Gasteiger charge is -2.24. The summed E-state index contributed by atoms with van der Waals surface area (Å²) < 4.78 is 11.0. The van der Waals surface area contributed by atoms with Gasteiger partial charge in [-0.15, -0.1) is 0 Å². The molecule has 0 spiro atoms. The van der Waals surface area contributed by atoms with Gasteiger partial charge in [-0.3, -0.25) is 4.99 Å². The molecule has 136 valence electrons. The van der Waals surface area contributed by atoms with Crippen molar-refractivity contribution in [1.82, 2.24) is 15.5 Å². The van der Waals surface area contributed by atoms with E-state index in [1.165, 1.54) is 6.42 Å². The van der Waals surface area contributed by atoms with E-state index in [4.69, 9.17) is 9.47 Å². The molecule has 6 nitrogen and oxygen atoms in total. The van der Waals surface area contributed by atoms with Crippen LogP contribution in [0.2, 0.25) is 0 Å². The molecule has 6 heteroatoms. The number of guanidine groups is 1. The molecule has 2 N–H and O–H groups in total. The number of aliphatic imine (C=N–C) groups is 1. The predicted octanol–water partition coefficient (Wildman–Crippen LogP) is 1.32. The summed E-state index contributed by atoms with van der Waals surface area (Å²) in [5, 5.41) is 6.69. The van der Waals surface area contributed by atoms with Gasteiger partial charge in [0, 0.05) is 51.9 Å². The second kappa shape index (κ2) is 12.6. The first-order chi connectivity index (χ1) is 11.2. The van der Waals surface area contributed by atoms with Crippen molar-refractivity contribution in [3.8, 4) is 0 Å². The Kier molecular flexibility index (Phi) is 11.0. The Morgan fingerprint density at radius 1 is 1.39 bits per heavy atom. The Morgan fingerprint density at radius 2 is 2.17 bits per heavy atom. The van der Waals surface area contributed by atoms with Gasteiger partial charge in [0.2, 0.25) is 0 Å². The minimum Gasteiger partial charge on any atom is -0.381 e. The van der Waals surface area contributed by atoms with Crippen LogP contribution in [0.3, 0.4) is 0 Å². The summed E-state index contributed by atoms with van der Waals surface area (Å²) in [6.45, 7) is 10.6. The van der Waals surface area contributed by atoms with Gasteiger partial charge in [-0.05, 0) is 33.2 Å². The Hall–Kier alpha value is -0.850. The summed E-state index contributed by atoms with van der Waals surface area (Å²) in [5.41, 5.74) is 0. The fourth-order valence-corrected chi connectivity index (χ4v) is 2.45. The summed E-state index contributed by atoms with van der Waals surface area (Å²) >= 11 is 0. The van der Waals surface area contributed by atoms with Gasteiger partial charge in [-0.2, -0.15) is 0 Å². The Labute approximate surface area is 142 Å². The number of nitrogens with one attached hydrogen (secondary N) is 2. The SMILES string of the molecule is CCC(C)N(C)CCNC(=NC)NCCCOCC1CCOC1. The topological polar surface area (TPSA) is 58.1 Å². The summed E-state index contributed by atoms with van der Waals surface area (Å²) in [4.78, 5) is 6.61. The van der Waals surface area contributed by atoms with Crippen molar-refractivity contribution in [1.29, 1.82) is 0 Å². The molecule has 1 rings (SSSR count). The van der Waals surface area contributed by atoms with Gasteiger partial charge in [0.25, 0.3) is 0 Å². The zero-order valence-corrected chi connectivity index (χ0v) is 15.4. The van der Waals surface area contributed by atoms with Crippen molar-refractivity contribution >= 4 is 5.96 Å². The van der Waals surface area contributed by atoms with Crippen molar-refractivity contribution in [3.05, 3.63) is 0 Å². The molecule has 0 aromatic carbocycles. The van der Waals surface area contributed by atoms with Crippen LogP contribution >= 0.6 is 0 Å². The summed E-state index contributed by atoms with van der Waals surface area (Å²) in [6.07, 6.45) is 3.30. The van der Waals surface area contributed by atoms with Gasteiger partial charge in [-0.25, -0.2) is 0 Å². The first-order valence-corrected chi connectivity index (χ1v) is 8.97. The first-order valence-electron chi connectivity index (χ1n) is 8.97. The van der Waals surface area contributed by atoms with Crippen molar-refractivity contribution in [2.75, 3.05) is 60.2 Å². The summed E-state index contributed by atoms with van der Waals surface area (Å²) in [6, 6.07) is 0.620. The quantitative estimate of drug-likeness (QED) is 0.340. The highest BCUT2D eigenvalue weighted by atomic mass is 16.5. The van der Waals surface area contributed by atoms with Crippen LogP contribution in [0, 0.1) is 5.92 Å².